The highest BCUT2D eigenvalue weighted by Gasteiger charge is 2.34. The molecule has 0 bridgehead atoms. The van der Waals surface area contributed by atoms with Crippen LogP contribution in [0.5, 0.6) is 5.75 Å². The van der Waals surface area contributed by atoms with Crippen LogP contribution in [0.1, 0.15) is 6.92 Å². The summed E-state index contributed by atoms with van der Waals surface area (Å²) < 4.78 is 10.6. The van der Waals surface area contributed by atoms with Crippen molar-refractivity contribution < 1.29 is 14.4 Å². The van der Waals surface area contributed by atoms with Crippen LogP contribution in [0, 0.1) is 15.5 Å². The molecular formula is C11H14N2O4. The molecule has 0 aromatic heterocycles. The van der Waals surface area contributed by atoms with E-state index in [0.717, 1.165) is 0 Å². The molecule has 6 heteroatoms. The molecule has 0 spiro atoms. The Balaban J connectivity index is 2.06. The number of nitrogens with zero attached hydrogens (tertiary/aromatic N) is 1. The molecule has 1 aromatic carbocycles. The van der Waals surface area contributed by atoms with Crippen molar-refractivity contribution in [2.24, 2.45) is 5.41 Å². The van der Waals surface area contributed by atoms with Gasteiger partial charge in [0.05, 0.1) is 30.8 Å². The van der Waals surface area contributed by atoms with E-state index in [1.807, 2.05) is 6.92 Å². The molecule has 2 N–H and O–H groups in total. The number of ether oxygens (including phenoxy) is 2. The summed E-state index contributed by atoms with van der Waals surface area (Å²) in [7, 11) is 0. The monoisotopic (exact) mass is 238 g/mol. The van der Waals surface area contributed by atoms with Crippen LogP contribution in [0.25, 0.3) is 0 Å². The molecule has 0 saturated carbocycles. The summed E-state index contributed by atoms with van der Waals surface area (Å²) in [4.78, 5) is 10.2. The molecule has 6 nitrogen and oxygen atoms in total. The second-order valence-electron chi connectivity index (χ2n) is 4.57. The number of hydrogen-bond donors (Lipinski definition) is 1. The topological polar surface area (TPSA) is 87.6 Å². The van der Waals surface area contributed by atoms with E-state index in [0.29, 0.717) is 25.6 Å². The molecule has 17 heavy (non-hydrogen) atoms. The Hall–Kier alpha value is -1.82. The van der Waals surface area contributed by atoms with Gasteiger partial charge in [-0.1, -0.05) is 6.92 Å². The number of nitrogens with two attached hydrogens (primary N) is 1. The minimum absolute atomic E-state index is 0.0101. The first-order chi connectivity index (χ1) is 8.00. The Morgan fingerprint density at radius 2 is 2.29 bits per heavy atom. The van der Waals surface area contributed by atoms with Crippen molar-refractivity contribution in [3.8, 4) is 5.75 Å². The van der Waals surface area contributed by atoms with Crippen LogP contribution in [0.2, 0.25) is 0 Å². The average molecular weight is 238 g/mol. The first-order valence-electron chi connectivity index (χ1n) is 5.25. The Morgan fingerprint density at radius 3 is 2.82 bits per heavy atom. The number of rotatable bonds is 4. The van der Waals surface area contributed by atoms with Gasteiger partial charge in [0.25, 0.3) is 5.69 Å². The van der Waals surface area contributed by atoms with Gasteiger partial charge in [-0.05, 0) is 12.1 Å². The van der Waals surface area contributed by atoms with Gasteiger partial charge in [-0.25, -0.2) is 0 Å². The number of nitrogen functional groups attached to an aromatic ring is 1. The van der Waals surface area contributed by atoms with Crippen LogP contribution >= 0.6 is 0 Å². The van der Waals surface area contributed by atoms with Crippen LogP contribution in [0.4, 0.5) is 11.4 Å². The zero-order valence-corrected chi connectivity index (χ0v) is 9.51. The molecule has 92 valence electrons. The third-order valence-corrected chi connectivity index (χ3v) is 2.69. The quantitative estimate of drug-likeness (QED) is 0.489. The van der Waals surface area contributed by atoms with E-state index in [9.17, 15) is 10.1 Å². The van der Waals surface area contributed by atoms with Crippen molar-refractivity contribution in [3.05, 3.63) is 28.3 Å². The first kappa shape index (κ1) is 11.7. The Bertz CT molecular complexity index is 443. The number of nitro groups is 1. The lowest BCUT2D eigenvalue weighted by Crippen LogP contribution is -2.44. The van der Waals surface area contributed by atoms with Crippen molar-refractivity contribution in [2.75, 3.05) is 25.6 Å². The summed E-state index contributed by atoms with van der Waals surface area (Å²) in [6.45, 7) is 3.84. The molecule has 1 aliphatic rings. The largest absolute Gasteiger partial charge is 0.493 e. The Kier molecular flexibility index (Phi) is 2.89. The van der Waals surface area contributed by atoms with Crippen LogP contribution in [-0.2, 0) is 4.74 Å². The number of hydrogen-bond acceptors (Lipinski definition) is 5. The molecule has 0 atom stereocenters. The molecular weight excluding hydrogens is 224 g/mol. The number of benzene rings is 1. The van der Waals surface area contributed by atoms with Crippen LogP contribution in [0.3, 0.4) is 0 Å². The zero-order valence-electron chi connectivity index (χ0n) is 9.51. The molecule has 1 aliphatic heterocycles. The van der Waals surface area contributed by atoms with Crippen LogP contribution in [-0.4, -0.2) is 24.7 Å². The van der Waals surface area contributed by atoms with Gasteiger partial charge in [0, 0.05) is 5.41 Å². The molecule has 0 unspecified atom stereocenters. The fourth-order valence-corrected chi connectivity index (χ4v) is 1.56. The Labute approximate surface area is 98.5 Å². The van der Waals surface area contributed by atoms with E-state index in [-0.39, 0.29) is 16.8 Å². The molecule has 0 aliphatic carbocycles. The highest BCUT2D eigenvalue weighted by Crippen LogP contribution is 2.30. The van der Waals surface area contributed by atoms with Crippen molar-refractivity contribution in [1.29, 1.82) is 0 Å². The second kappa shape index (κ2) is 4.21. The highest BCUT2D eigenvalue weighted by atomic mass is 16.6. The molecule has 1 fully saturated rings. The molecule has 1 saturated heterocycles. The third kappa shape index (κ3) is 2.47. The van der Waals surface area contributed by atoms with Crippen molar-refractivity contribution in [3.63, 3.8) is 0 Å². The van der Waals surface area contributed by atoms with Crippen LogP contribution in [0.15, 0.2) is 18.2 Å². The average Bonchev–Trinajstić information content (AvgIpc) is 2.25. The van der Waals surface area contributed by atoms with E-state index in [2.05, 4.69) is 0 Å². The van der Waals surface area contributed by atoms with E-state index in [1.54, 1.807) is 6.07 Å². The predicted molar refractivity (Wildman–Crippen MR) is 61.9 cm³/mol. The van der Waals surface area contributed by atoms with Crippen molar-refractivity contribution in [2.45, 2.75) is 6.92 Å². The van der Waals surface area contributed by atoms with Gasteiger partial charge in [-0.3, -0.25) is 10.1 Å². The second-order valence-corrected chi connectivity index (χ2v) is 4.57. The Morgan fingerprint density at radius 1 is 1.59 bits per heavy atom. The van der Waals surface area contributed by atoms with Gasteiger partial charge < -0.3 is 15.2 Å². The SMILES string of the molecule is CC1(COc2ccc(N)c([N+](=O)[O-])c2)COC1. The number of anilines is 1. The molecule has 0 amide bonds. The van der Waals surface area contributed by atoms with Gasteiger partial charge >= 0.3 is 0 Å². The van der Waals surface area contributed by atoms with Crippen molar-refractivity contribution in [1.82, 2.24) is 0 Å². The fraction of sp³-hybridized carbons (Fsp3) is 0.455. The lowest BCUT2D eigenvalue weighted by Gasteiger charge is -2.37. The molecule has 0 radical (unpaired) electrons. The molecule has 2 rings (SSSR count). The van der Waals surface area contributed by atoms with Gasteiger partial charge in [-0.2, -0.15) is 0 Å². The summed E-state index contributed by atoms with van der Waals surface area (Å²) in [6, 6.07) is 4.45. The summed E-state index contributed by atoms with van der Waals surface area (Å²) >= 11 is 0. The first-order valence-corrected chi connectivity index (χ1v) is 5.25. The maximum absolute atomic E-state index is 10.7. The summed E-state index contributed by atoms with van der Waals surface area (Å²) in [5, 5.41) is 10.7. The smallest absolute Gasteiger partial charge is 0.295 e. The van der Waals surface area contributed by atoms with Crippen molar-refractivity contribution >= 4 is 11.4 Å². The number of nitro benzene ring substituents is 1. The van der Waals surface area contributed by atoms with Gasteiger partial charge in [0.15, 0.2) is 0 Å². The van der Waals surface area contributed by atoms with Gasteiger partial charge in [0.1, 0.15) is 11.4 Å². The standard InChI is InChI=1S/C11H14N2O4/c1-11(5-16-6-11)7-17-8-2-3-9(12)10(4-8)13(14)15/h2-4H,5-7,12H2,1H3. The lowest BCUT2D eigenvalue weighted by atomic mass is 9.90. The zero-order chi connectivity index (χ0) is 12.5. The predicted octanol–water partition coefficient (Wildman–Crippen LogP) is 1.59. The van der Waals surface area contributed by atoms with E-state index in [1.165, 1.54) is 12.1 Å². The summed E-state index contributed by atoms with van der Waals surface area (Å²) in [5.41, 5.74) is 5.51. The van der Waals surface area contributed by atoms with Crippen LogP contribution < -0.4 is 10.5 Å². The summed E-state index contributed by atoms with van der Waals surface area (Å²) in [5.74, 6) is 0.457. The van der Waals surface area contributed by atoms with E-state index < -0.39 is 4.92 Å². The summed E-state index contributed by atoms with van der Waals surface area (Å²) in [6.07, 6.45) is 0. The third-order valence-electron chi connectivity index (χ3n) is 2.69. The maximum atomic E-state index is 10.7. The normalized spacial score (nSPS) is 17.2. The maximum Gasteiger partial charge on any atom is 0.295 e. The van der Waals surface area contributed by atoms with E-state index in [4.69, 9.17) is 15.2 Å². The highest BCUT2D eigenvalue weighted by molar-refractivity contribution is 5.60. The molecule has 1 heterocycles. The van der Waals surface area contributed by atoms with E-state index >= 15 is 0 Å². The van der Waals surface area contributed by atoms with Gasteiger partial charge in [-0.15, -0.1) is 0 Å². The minimum Gasteiger partial charge on any atom is -0.493 e. The van der Waals surface area contributed by atoms with Gasteiger partial charge in [0.2, 0.25) is 0 Å². The minimum atomic E-state index is -0.517. The fourth-order valence-electron chi connectivity index (χ4n) is 1.56. The molecule has 1 aromatic rings. The lowest BCUT2D eigenvalue weighted by molar-refractivity contribution is -0.384.